The van der Waals surface area contributed by atoms with E-state index >= 15 is 0 Å². The molecule has 0 aliphatic heterocycles. The van der Waals surface area contributed by atoms with Crippen LogP contribution < -0.4 is 9.80 Å². The lowest BCUT2D eigenvalue weighted by Gasteiger charge is -2.29. The molecule has 0 amide bonds. The van der Waals surface area contributed by atoms with Gasteiger partial charge in [0.25, 0.3) is 0 Å². The van der Waals surface area contributed by atoms with Crippen LogP contribution in [0.15, 0.2) is 194 Å². The zero-order valence-electron chi connectivity index (χ0n) is 26.4. The highest BCUT2D eigenvalue weighted by molar-refractivity contribution is 5.95. The van der Waals surface area contributed by atoms with Gasteiger partial charge in [0.05, 0.1) is 0 Å². The van der Waals surface area contributed by atoms with Crippen molar-refractivity contribution in [2.75, 3.05) is 9.80 Å². The van der Waals surface area contributed by atoms with Gasteiger partial charge in [-0.05, 0) is 116 Å². The zero-order chi connectivity index (χ0) is 31.9. The number of hydrogen-bond donors (Lipinski definition) is 0. The summed E-state index contributed by atoms with van der Waals surface area (Å²) in [6.45, 7) is 0. The fourth-order valence-corrected chi connectivity index (χ4v) is 6.91. The van der Waals surface area contributed by atoms with Crippen molar-refractivity contribution in [2.24, 2.45) is 0 Å². The lowest BCUT2D eigenvalue weighted by Crippen LogP contribution is -2.12. The summed E-state index contributed by atoms with van der Waals surface area (Å²) in [6, 6.07) is 70.1. The number of fused-ring (bicyclic) bond motifs is 4. The van der Waals surface area contributed by atoms with E-state index in [1.54, 1.807) is 0 Å². The Kier molecular flexibility index (Phi) is 6.84. The van der Waals surface area contributed by atoms with E-state index in [0.717, 1.165) is 34.1 Å². The van der Waals surface area contributed by atoms with Crippen LogP contribution in [-0.2, 0) is 0 Å². The molecular formula is C46H32N2. The van der Waals surface area contributed by atoms with Gasteiger partial charge in [-0.25, -0.2) is 0 Å². The minimum atomic E-state index is 1.10. The average Bonchev–Trinajstić information content (AvgIpc) is 3.15. The molecule has 0 saturated carbocycles. The summed E-state index contributed by atoms with van der Waals surface area (Å²) in [6.07, 6.45) is 0. The lowest BCUT2D eigenvalue weighted by molar-refractivity contribution is 1.26. The SMILES string of the molecule is c1ccc2cc(N(c3ccc(N(c4ccc5ccccc5c4)c4ccc5ccccc5c4)cc3)c3ccc4ccccc4c3)ccc2c1. The lowest BCUT2D eigenvalue weighted by atomic mass is 10.1. The third-order valence-corrected chi connectivity index (χ3v) is 9.33. The highest BCUT2D eigenvalue weighted by atomic mass is 15.2. The number of benzene rings is 9. The van der Waals surface area contributed by atoms with Crippen molar-refractivity contribution in [3.8, 4) is 0 Å². The Bertz CT molecular complexity index is 2240. The standard InChI is InChI=1S/C46H32N2/c1-5-13-37-29-43(21-17-33(37)9-1)47(44-22-18-34-10-2-6-14-38(34)30-44)41-25-27-42(28-26-41)48(45-23-19-35-11-3-7-15-39(35)31-45)46-24-20-36-12-4-8-16-40(36)32-46/h1-32H. The smallest absolute Gasteiger partial charge is 0.0468 e. The summed E-state index contributed by atoms with van der Waals surface area (Å²) in [7, 11) is 0. The van der Waals surface area contributed by atoms with Gasteiger partial charge in [-0.3, -0.25) is 0 Å². The Balaban J connectivity index is 1.19. The van der Waals surface area contributed by atoms with Crippen LogP contribution in [0.3, 0.4) is 0 Å². The molecule has 0 aromatic heterocycles. The number of nitrogens with zero attached hydrogens (tertiary/aromatic N) is 2. The molecule has 0 heterocycles. The molecule has 9 aromatic rings. The molecule has 2 heteroatoms. The quantitative estimate of drug-likeness (QED) is 0.184. The predicted octanol–water partition coefficient (Wildman–Crippen LogP) is 13.2. The van der Waals surface area contributed by atoms with E-state index in [9.17, 15) is 0 Å². The summed E-state index contributed by atoms with van der Waals surface area (Å²) in [5, 5.41) is 9.81. The summed E-state index contributed by atoms with van der Waals surface area (Å²) >= 11 is 0. The van der Waals surface area contributed by atoms with Crippen molar-refractivity contribution in [2.45, 2.75) is 0 Å². The first-order valence-corrected chi connectivity index (χ1v) is 16.4. The molecule has 0 saturated heterocycles. The third-order valence-electron chi connectivity index (χ3n) is 9.33. The molecule has 0 spiro atoms. The van der Waals surface area contributed by atoms with Crippen LogP contribution in [0.4, 0.5) is 34.1 Å². The second-order valence-electron chi connectivity index (χ2n) is 12.3. The van der Waals surface area contributed by atoms with Crippen LogP contribution in [0, 0.1) is 0 Å². The Morgan fingerprint density at radius 3 is 0.646 bits per heavy atom. The maximum absolute atomic E-state index is 2.36. The zero-order valence-corrected chi connectivity index (χ0v) is 26.4. The van der Waals surface area contributed by atoms with Gasteiger partial charge < -0.3 is 9.80 Å². The van der Waals surface area contributed by atoms with Crippen molar-refractivity contribution in [1.29, 1.82) is 0 Å². The van der Waals surface area contributed by atoms with Gasteiger partial charge in [0.15, 0.2) is 0 Å². The molecule has 2 nitrogen and oxygen atoms in total. The summed E-state index contributed by atoms with van der Waals surface area (Å²) in [4.78, 5) is 4.72. The van der Waals surface area contributed by atoms with Gasteiger partial charge in [0.1, 0.15) is 0 Å². The molecule has 0 radical (unpaired) electrons. The maximum atomic E-state index is 2.36. The first kappa shape index (κ1) is 27.9. The Labute approximate surface area is 280 Å². The maximum Gasteiger partial charge on any atom is 0.0468 e. The minimum absolute atomic E-state index is 1.10. The molecule has 0 unspecified atom stereocenters. The average molecular weight is 613 g/mol. The van der Waals surface area contributed by atoms with Gasteiger partial charge in [-0.15, -0.1) is 0 Å². The van der Waals surface area contributed by atoms with Crippen molar-refractivity contribution < 1.29 is 0 Å². The van der Waals surface area contributed by atoms with Crippen molar-refractivity contribution in [3.63, 3.8) is 0 Å². The molecule has 9 aromatic carbocycles. The number of hydrogen-bond acceptors (Lipinski definition) is 2. The summed E-state index contributed by atoms with van der Waals surface area (Å²) in [5.74, 6) is 0. The Morgan fingerprint density at radius 2 is 0.396 bits per heavy atom. The molecule has 0 atom stereocenters. The molecule has 226 valence electrons. The molecule has 0 N–H and O–H groups in total. The summed E-state index contributed by atoms with van der Waals surface area (Å²) < 4.78 is 0. The molecule has 0 aliphatic carbocycles. The monoisotopic (exact) mass is 612 g/mol. The fourth-order valence-electron chi connectivity index (χ4n) is 6.91. The van der Waals surface area contributed by atoms with E-state index in [-0.39, 0.29) is 0 Å². The number of anilines is 6. The van der Waals surface area contributed by atoms with E-state index < -0.39 is 0 Å². The normalized spacial score (nSPS) is 11.3. The minimum Gasteiger partial charge on any atom is -0.310 e. The first-order chi connectivity index (χ1) is 23.8. The summed E-state index contributed by atoms with van der Waals surface area (Å²) in [5.41, 5.74) is 6.69. The van der Waals surface area contributed by atoms with E-state index in [1.807, 2.05) is 0 Å². The highest BCUT2D eigenvalue weighted by Crippen LogP contribution is 2.41. The van der Waals surface area contributed by atoms with Crippen LogP contribution in [0.2, 0.25) is 0 Å². The highest BCUT2D eigenvalue weighted by Gasteiger charge is 2.17. The van der Waals surface area contributed by atoms with Crippen LogP contribution in [0.5, 0.6) is 0 Å². The second-order valence-corrected chi connectivity index (χ2v) is 12.3. The van der Waals surface area contributed by atoms with Gasteiger partial charge in [0, 0.05) is 34.1 Å². The van der Waals surface area contributed by atoms with Crippen molar-refractivity contribution in [3.05, 3.63) is 194 Å². The first-order valence-electron chi connectivity index (χ1n) is 16.4. The molecular weight excluding hydrogens is 581 g/mol. The van der Waals surface area contributed by atoms with E-state index in [4.69, 9.17) is 0 Å². The Morgan fingerprint density at radius 1 is 0.188 bits per heavy atom. The van der Waals surface area contributed by atoms with Gasteiger partial charge in [-0.1, -0.05) is 121 Å². The topological polar surface area (TPSA) is 6.48 Å². The molecule has 48 heavy (non-hydrogen) atoms. The Hall–Kier alpha value is -6.38. The van der Waals surface area contributed by atoms with Gasteiger partial charge >= 0.3 is 0 Å². The molecule has 9 rings (SSSR count). The third kappa shape index (κ3) is 5.10. The van der Waals surface area contributed by atoms with Crippen molar-refractivity contribution >= 4 is 77.2 Å². The molecule has 0 aliphatic rings. The van der Waals surface area contributed by atoms with E-state index in [0.29, 0.717) is 0 Å². The van der Waals surface area contributed by atoms with Crippen LogP contribution in [0.1, 0.15) is 0 Å². The van der Waals surface area contributed by atoms with Crippen LogP contribution in [0.25, 0.3) is 43.1 Å². The largest absolute Gasteiger partial charge is 0.310 e. The van der Waals surface area contributed by atoms with Gasteiger partial charge in [-0.2, -0.15) is 0 Å². The molecule has 0 bridgehead atoms. The second kappa shape index (κ2) is 11.8. The van der Waals surface area contributed by atoms with Crippen LogP contribution in [-0.4, -0.2) is 0 Å². The van der Waals surface area contributed by atoms with E-state index in [2.05, 4.69) is 204 Å². The van der Waals surface area contributed by atoms with Crippen molar-refractivity contribution in [1.82, 2.24) is 0 Å². The molecule has 0 fully saturated rings. The predicted molar refractivity (Wildman–Crippen MR) is 206 cm³/mol. The fraction of sp³-hybridized carbons (Fsp3) is 0. The van der Waals surface area contributed by atoms with Gasteiger partial charge in [0.2, 0.25) is 0 Å². The number of rotatable bonds is 6. The van der Waals surface area contributed by atoms with E-state index in [1.165, 1.54) is 43.1 Å². The van der Waals surface area contributed by atoms with Crippen LogP contribution >= 0.6 is 0 Å².